The second-order valence-electron chi connectivity index (χ2n) is 4.16. The SMILES string of the molecule is O=C(c1cccs1)c1ccc(OCCC(O)O)c(Cl)c1Cl. The van der Waals surface area contributed by atoms with Crippen LogP contribution in [0.1, 0.15) is 21.7 Å². The molecule has 0 aliphatic heterocycles. The molecule has 0 spiro atoms. The Morgan fingerprint density at radius 3 is 2.62 bits per heavy atom. The normalized spacial score (nSPS) is 10.9. The molecule has 0 bridgehead atoms. The summed E-state index contributed by atoms with van der Waals surface area (Å²) in [6.07, 6.45) is -1.40. The Kier molecular flexibility index (Phi) is 5.61. The van der Waals surface area contributed by atoms with Gasteiger partial charge >= 0.3 is 0 Å². The largest absolute Gasteiger partial charge is 0.492 e. The van der Waals surface area contributed by atoms with Crippen LogP contribution in [-0.2, 0) is 0 Å². The molecular formula is C14H12Cl2O4S. The summed E-state index contributed by atoms with van der Waals surface area (Å²) in [4.78, 5) is 12.8. The molecule has 21 heavy (non-hydrogen) atoms. The van der Waals surface area contributed by atoms with Crippen molar-refractivity contribution in [3.8, 4) is 5.75 Å². The van der Waals surface area contributed by atoms with Gasteiger partial charge in [0.25, 0.3) is 0 Å². The third kappa shape index (κ3) is 3.96. The van der Waals surface area contributed by atoms with Crippen LogP contribution in [0.3, 0.4) is 0 Å². The van der Waals surface area contributed by atoms with Crippen LogP contribution in [0.2, 0.25) is 10.0 Å². The van der Waals surface area contributed by atoms with Crippen molar-refractivity contribution >= 4 is 40.3 Å². The molecule has 0 saturated carbocycles. The zero-order chi connectivity index (χ0) is 15.4. The Morgan fingerprint density at radius 2 is 2.00 bits per heavy atom. The van der Waals surface area contributed by atoms with Crippen molar-refractivity contribution in [3.05, 3.63) is 50.1 Å². The predicted molar refractivity (Wildman–Crippen MR) is 82.6 cm³/mol. The summed E-state index contributed by atoms with van der Waals surface area (Å²) < 4.78 is 5.31. The van der Waals surface area contributed by atoms with Gasteiger partial charge in [0.05, 0.1) is 16.5 Å². The third-order valence-corrected chi connectivity index (χ3v) is 4.40. The average molecular weight is 347 g/mol. The molecule has 7 heteroatoms. The van der Waals surface area contributed by atoms with E-state index in [4.69, 9.17) is 38.2 Å². The van der Waals surface area contributed by atoms with Crippen molar-refractivity contribution < 1.29 is 19.7 Å². The molecule has 2 aromatic rings. The highest BCUT2D eigenvalue weighted by Crippen LogP contribution is 2.36. The second-order valence-corrected chi connectivity index (χ2v) is 5.87. The summed E-state index contributed by atoms with van der Waals surface area (Å²) in [6.45, 7) is 0.0753. The summed E-state index contributed by atoms with van der Waals surface area (Å²) in [5.74, 6) is 0.0966. The number of aliphatic hydroxyl groups is 2. The lowest BCUT2D eigenvalue weighted by Gasteiger charge is -2.11. The zero-order valence-corrected chi connectivity index (χ0v) is 13.1. The van der Waals surface area contributed by atoms with Gasteiger partial charge in [-0.25, -0.2) is 0 Å². The standard InChI is InChI=1S/C14H12Cl2O4S/c15-12-8(14(19)10-2-1-7-21-10)3-4-9(13(12)16)20-6-5-11(17)18/h1-4,7,11,17-18H,5-6H2. The number of hydrogen-bond acceptors (Lipinski definition) is 5. The van der Waals surface area contributed by atoms with Gasteiger partial charge in [-0.05, 0) is 23.6 Å². The van der Waals surface area contributed by atoms with Gasteiger partial charge in [0.15, 0.2) is 6.29 Å². The van der Waals surface area contributed by atoms with Crippen LogP contribution in [0.15, 0.2) is 29.6 Å². The van der Waals surface area contributed by atoms with Crippen LogP contribution in [0, 0.1) is 0 Å². The number of benzene rings is 1. The number of aliphatic hydroxyl groups excluding tert-OH is 1. The molecule has 0 fully saturated rings. The fourth-order valence-electron chi connectivity index (χ4n) is 1.63. The van der Waals surface area contributed by atoms with Gasteiger partial charge in [-0.2, -0.15) is 0 Å². The first kappa shape index (κ1) is 16.3. The number of carbonyl (C=O) groups is 1. The molecule has 0 unspecified atom stereocenters. The van der Waals surface area contributed by atoms with Gasteiger partial charge in [-0.1, -0.05) is 29.3 Å². The van der Waals surface area contributed by atoms with Gasteiger partial charge in [0.2, 0.25) is 5.78 Å². The lowest BCUT2D eigenvalue weighted by molar-refractivity contribution is -0.0519. The number of halogens is 2. The molecule has 1 aromatic heterocycles. The molecule has 1 aromatic carbocycles. The molecule has 4 nitrogen and oxygen atoms in total. The average Bonchev–Trinajstić information content (AvgIpc) is 2.97. The quantitative estimate of drug-likeness (QED) is 0.621. The first-order chi connectivity index (χ1) is 10.0. The number of rotatable bonds is 6. The summed E-state index contributed by atoms with van der Waals surface area (Å²) in [6, 6.07) is 6.58. The smallest absolute Gasteiger partial charge is 0.204 e. The monoisotopic (exact) mass is 346 g/mol. The van der Waals surface area contributed by atoms with E-state index in [0.717, 1.165) is 0 Å². The predicted octanol–water partition coefficient (Wildman–Crippen LogP) is 3.37. The van der Waals surface area contributed by atoms with E-state index in [1.54, 1.807) is 29.6 Å². The molecule has 0 atom stereocenters. The molecule has 112 valence electrons. The van der Waals surface area contributed by atoms with E-state index < -0.39 is 6.29 Å². The van der Waals surface area contributed by atoms with Crippen LogP contribution < -0.4 is 4.74 Å². The van der Waals surface area contributed by atoms with Crippen molar-refractivity contribution in [2.24, 2.45) is 0 Å². The number of ketones is 1. The van der Waals surface area contributed by atoms with Crippen molar-refractivity contribution in [1.82, 2.24) is 0 Å². The fraction of sp³-hybridized carbons (Fsp3) is 0.214. The summed E-state index contributed by atoms with van der Waals surface area (Å²) in [7, 11) is 0. The molecule has 1 heterocycles. The maximum atomic E-state index is 12.3. The molecule has 0 amide bonds. The summed E-state index contributed by atoms with van der Waals surface area (Å²) in [5, 5.41) is 19.6. The Morgan fingerprint density at radius 1 is 1.24 bits per heavy atom. The lowest BCUT2D eigenvalue weighted by atomic mass is 10.1. The van der Waals surface area contributed by atoms with Crippen molar-refractivity contribution in [2.45, 2.75) is 12.7 Å². The topological polar surface area (TPSA) is 66.8 Å². The highest BCUT2D eigenvalue weighted by Gasteiger charge is 2.18. The highest BCUT2D eigenvalue weighted by molar-refractivity contribution is 7.12. The number of ether oxygens (including phenoxy) is 1. The van der Waals surface area contributed by atoms with Crippen LogP contribution in [-0.4, -0.2) is 28.9 Å². The Balaban J connectivity index is 2.19. The first-order valence-corrected chi connectivity index (χ1v) is 7.69. The molecule has 0 aliphatic carbocycles. The van der Waals surface area contributed by atoms with E-state index in [1.807, 2.05) is 0 Å². The van der Waals surface area contributed by atoms with E-state index in [-0.39, 0.29) is 28.9 Å². The number of thiophene rings is 1. The third-order valence-electron chi connectivity index (χ3n) is 2.67. The van der Waals surface area contributed by atoms with Gasteiger partial charge in [0, 0.05) is 12.0 Å². The first-order valence-electron chi connectivity index (χ1n) is 6.06. The Labute approximate surface area is 135 Å². The maximum absolute atomic E-state index is 12.3. The fourth-order valence-corrected chi connectivity index (χ4v) is 2.77. The number of hydrogen-bond donors (Lipinski definition) is 2. The maximum Gasteiger partial charge on any atom is 0.204 e. The minimum atomic E-state index is -1.45. The molecule has 2 N–H and O–H groups in total. The molecular weight excluding hydrogens is 335 g/mol. The summed E-state index contributed by atoms with van der Waals surface area (Å²) >= 11 is 13.5. The zero-order valence-electron chi connectivity index (χ0n) is 10.8. The van der Waals surface area contributed by atoms with Gasteiger partial charge in [0.1, 0.15) is 10.8 Å². The van der Waals surface area contributed by atoms with Crippen LogP contribution in [0.5, 0.6) is 5.75 Å². The van der Waals surface area contributed by atoms with Crippen molar-refractivity contribution in [2.75, 3.05) is 6.61 Å². The van der Waals surface area contributed by atoms with E-state index in [9.17, 15) is 4.79 Å². The minimum Gasteiger partial charge on any atom is -0.492 e. The Bertz CT molecular complexity index is 626. The molecule has 0 saturated heterocycles. The Hall–Kier alpha value is -1.11. The second kappa shape index (κ2) is 7.24. The number of carbonyl (C=O) groups excluding carboxylic acids is 1. The van der Waals surface area contributed by atoms with Gasteiger partial charge < -0.3 is 14.9 Å². The van der Waals surface area contributed by atoms with E-state index in [0.29, 0.717) is 16.2 Å². The van der Waals surface area contributed by atoms with Crippen LogP contribution in [0.4, 0.5) is 0 Å². The van der Waals surface area contributed by atoms with E-state index in [1.165, 1.54) is 11.3 Å². The minimum absolute atomic E-state index is 0.0455. The molecule has 0 aliphatic rings. The molecule has 0 radical (unpaired) electrons. The van der Waals surface area contributed by atoms with E-state index >= 15 is 0 Å². The lowest BCUT2D eigenvalue weighted by Crippen LogP contribution is -2.10. The molecule has 2 rings (SSSR count). The van der Waals surface area contributed by atoms with Crippen LogP contribution in [0.25, 0.3) is 0 Å². The van der Waals surface area contributed by atoms with Gasteiger partial charge in [-0.15, -0.1) is 11.3 Å². The van der Waals surface area contributed by atoms with Gasteiger partial charge in [-0.3, -0.25) is 4.79 Å². The summed E-state index contributed by atoms with van der Waals surface area (Å²) in [5.41, 5.74) is 0.304. The van der Waals surface area contributed by atoms with Crippen LogP contribution >= 0.6 is 34.5 Å². The van der Waals surface area contributed by atoms with Crippen molar-refractivity contribution in [3.63, 3.8) is 0 Å². The van der Waals surface area contributed by atoms with E-state index in [2.05, 4.69) is 0 Å². The van der Waals surface area contributed by atoms with Crippen molar-refractivity contribution in [1.29, 1.82) is 0 Å². The highest BCUT2D eigenvalue weighted by atomic mass is 35.5.